The van der Waals surface area contributed by atoms with Gasteiger partial charge in [0.2, 0.25) is 0 Å². The maximum absolute atomic E-state index is 12.9. The largest absolute Gasteiger partial charge is 0.462 e. The van der Waals surface area contributed by atoms with Crippen LogP contribution < -0.4 is 0 Å². The Hall–Kier alpha value is -4.97. The van der Waals surface area contributed by atoms with Gasteiger partial charge in [-0.2, -0.15) is 0 Å². The summed E-state index contributed by atoms with van der Waals surface area (Å²) < 4.78 is 16.8. The summed E-state index contributed by atoms with van der Waals surface area (Å²) in [4.78, 5) is 38.3. The van der Waals surface area contributed by atoms with Crippen LogP contribution in [-0.4, -0.2) is 37.2 Å². The molecule has 0 spiro atoms. The van der Waals surface area contributed by atoms with Crippen LogP contribution in [0.4, 0.5) is 0 Å². The van der Waals surface area contributed by atoms with Crippen LogP contribution in [0.5, 0.6) is 0 Å². The van der Waals surface area contributed by atoms with Crippen molar-refractivity contribution in [2.45, 2.75) is 290 Å². The minimum atomic E-state index is -0.844. The van der Waals surface area contributed by atoms with E-state index >= 15 is 0 Å². The molecule has 1 atom stereocenters. The van der Waals surface area contributed by atoms with Crippen LogP contribution in [0.1, 0.15) is 284 Å². The fourth-order valence-corrected chi connectivity index (χ4v) is 8.89. The highest BCUT2D eigenvalue weighted by atomic mass is 16.6. The number of esters is 3. The first-order valence-corrected chi connectivity index (χ1v) is 33.5. The molecule has 6 heteroatoms. The highest BCUT2D eigenvalue weighted by Crippen LogP contribution is 2.16. The molecule has 0 aromatic rings. The number of carbonyl (C=O) groups excluding carboxylic acids is 3. The fraction of sp³-hybridized carbons (Fsp3) is 0.618. The Kier molecular flexibility index (Phi) is 64.4. The van der Waals surface area contributed by atoms with Gasteiger partial charge in [0.05, 0.1) is 6.42 Å². The van der Waals surface area contributed by atoms with Crippen molar-refractivity contribution in [3.63, 3.8) is 0 Å². The van der Waals surface area contributed by atoms with Gasteiger partial charge in [-0.25, -0.2) is 0 Å². The lowest BCUT2D eigenvalue weighted by molar-refractivity contribution is -0.166. The van der Waals surface area contributed by atoms with Gasteiger partial charge in [-0.3, -0.25) is 14.4 Å². The Balaban J connectivity index is 4.51. The summed E-state index contributed by atoms with van der Waals surface area (Å²) in [5.74, 6) is -1.10. The highest BCUT2D eigenvalue weighted by Gasteiger charge is 2.19. The Morgan fingerprint density at radius 1 is 0.268 bits per heavy atom. The average molecular weight is 1130 g/mol. The van der Waals surface area contributed by atoms with Crippen LogP contribution >= 0.6 is 0 Å². The van der Waals surface area contributed by atoms with Gasteiger partial charge in [-0.15, -0.1) is 0 Å². The topological polar surface area (TPSA) is 78.9 Å². The molecule has 1 unspecified atom stereocenters. The summed E-state index contributed by atoms with van der Waals surface area (Å²) in [5, 5.41) is 0. The van der Waals surface area contributed by atoms with E-state index in [1.165, 1.54) is 122 Å². The molecule has 0 radical (unpaired) electrons. The second-order valence-electron chi connectivity index (χ2n) is 21.6. The van der Waals surface area contributed by atoms with E-state index in [0.717, 1.165) is 116 Å². The molecule has 0 aliphatic heterocycles. The standard InChI is InChI=1S/C76H122O6/c1-4-7-10-13-16-19-22-25-28-30-32-34-36-37-38-39-40-42-43-45-48-51-54-57-60-63-66-69-75(78)81-72-73(71-80-74(77)68-65-62-59-56-53-50-47-27-24-21-18-15-12-9-6-3)82-76(79)70-67-64-61-58-55-52-49-46-44-41-35-33-31-29-26-23-20-17-14-11-8-5-2/h7,9-10,12,16,18-19,21,25,27-28,32,34,37-38,40,42,45,47-48,53-54,56-57,62,65,73H,4-6,8,11,13-15,17,20,22-24,26,29-31,33,35-36,39,41,43-44,46,49-52,55,58-61,63-64,66-72H2,1-3H3/b10-7-,12-9-,19-16-,21-18-,28-25-,34-32-,38-37-,42-40-,47-27-,48-45-,56-53-,57-54-,65-62-. The Morgan fingerprint density at radius 2 is 0.524 bits per heavy atom. The van der Waals surface area contributed by atoms with Gasteiger partial charge in [0.1, 0.15) is 13.2 Å². The van der Waals surface area contributed by atoms with Crippen molar-refractivity contribution in [2.75, 3.05) is 13.2 Å². The second kappa shape index (κ2) is 68.5. The molecule has 0 aliphatic carbocycles. The number of unbranched alkanes of at least 4 members (excludes halogenated alkanes) is 23. The summed E-state index contributed by atoms with van der Waals surface area (Å²) in [5.41, 5.74) is 0. The quantitative estimate of drug-likeness (QED) is 0.0261. The zero-order valence-corrected chi connectivity index (χ0v) is 52.9. The number of hydrogen-bond acceptors (Lipinski definition) is 6. The van der Waals surface area contributed by atoms with E-state index in [9.17, 15) is 14.4 Å². The van der Waals surface area contributed by atoms with Crippen molar-refractivity contribution < 1.29 is 28.6 Å². The van der Waals surface area contributed by atoms with Gasteiger partial charge >= 0.3 is 17.9 Å². The van der Waals surface area contributed by atoms with Gasteiger partial charge < -0.3 is 14.2 Å². The first-order valence-electron chi connectivity index (χ1n) is 33.5. The monoisotopic (exact) mass is 1130 g/mol. The maximum atomic E-state index is 12.9. The summed E-state index contributed by atoms with van der Waals surface area (Å²) >= 11 is 0. The molecule has 0 rings (SSSR count). The van der Waals surface area contributed by atoms with Crippen molar-refractivity contribution in [2.24, 2.45) is 0 Å². The molecule has 0 heterocycles. The van der Waals surface area contributed by atoms with E-state index in [4.69, 9.17) is 14.2 Å². The first kappa shape index (κ1) is 77.0. The third-order valence-corrected chi connectivity index (χ3v) is 13.8. The van der Waals surface area contributed by atoms with Crippen LogP contribution in [0.15, 0.2) is 158 Å². The lowest BCUT2D eigenvalue weighted by Crippen LogP contribution is -2.30. The van der Waals surface area contributed by atoms with Crippen LogP contribution in [-0.2, 0) is 28.6 Å². The highest BCUT2D eigenvalue weighted by molar-refractivity contribution is 5.72. The predicted octanol–water partition coefficient (Wildman–Crippen LogP) is 23.3. The van der Waals surface area contributed by atoms with E-state index in [-0.39, 0.29) is 38.0 Å². The summed E-state index contributed by atoms with van der Waals surface area (Å²) in [7, 11) is 0. The van der Waals surface area contributed by atoms with E-state index < -0.39 is 12.1 Å². The molecule has 0 aromatic carbocycles. The fourth-order valence-electron chi connectivity index (χ4n) is 8.89. The van der Waals surface area contributed by atoms with Crippen molar-refractivity contribution in [1.82, 2.24) is 0 Å². The molecule has 0 saturated heterocycles. The number of hydrogen-bond donors (Lipinski definition) is 0. The summed E-state index contributed by atoms with van der Waals surface area (Å²) in [6.45, 7) is 6.30. The second-order valence-corrected chi connectivity index (χ2v) is 21.6. The zero-order chi connectivity index (χ0) is 59.2. The minimum Gasteiger partial charge on any atom is -0.462 e. The van der Waals surface area contributed by atoms with Crippen molar-refractivity contribution in [3.8, 4) is 0 Å². The van der Waals surface area contributed by atoms with Gasteiger partial charge in [-0.1, -0.05) is 314 Å². The van der Waals surface area contributed by atoms with Crippen LogP contribution in [0.25, 0.3) is 0 Å². The third kappa shape index (κ3) is 65.8. The Labute approximate surface area is 505 Å². The van der Waals surface area contributed by atoms with Crippen LogP contribution in [0.2, 0.25) is 0 Å². The van der Waals surface area contributed by atoms with Gasteiger partial charge in [-0.05, 0) is 109 Å². The maximum Gasteiger partial charge on any atom is 0.309 e. The van der Waals surface area contributed by atoms with E-state index in [1.807, 2.05) is 6.08 Å². The van der Waals surface area contributed by atoms with E-state index in [1.54, 1.807) is 6.08 Å². The molecule has 0 N–H and O–H groups in total. The van der Waals surface area contributed by atoms with Crippen LogP contribution in [0.3, 0.4) is 0 Å². The molecule has 0 bridgehead atoms. The van der Waals surface area contributed by atoms with Crippen molar-refractivity contribution in [3.05, 3.63) is 158 Å². The van der Waals surface area contributed by atoms with E-state index in [2.05, 4.69) is 167 Å². The number of ether oxygens (including phenoxy) is 3. The molecule has 462 valence electrons. The van der Waals surface area contributed by atoms with Crippen molar-refractivity contribution in [1.29, 1.82) is 0 Å². The number of rotatable bonds is 59. The lowest BCUT2D eigenvalue weighted by Gasteiger charge is -2.18. The molecular weight excluding hydrogens is 1010 g/mol. The Bertz CT molecular complexity index is 1830. The minimum absolute atomic E-state index is 0.114. The Morgan fingerprint density at radius 3 is 0.854 bits per heavy atom. The molecule has 0 aliphatic rings. The third-order valence-electron chi connectivity index (χ3n) is 13.8. The summed E-state index contributed by atoms with van der Waals surface area (Å²) in [6, 6.07) is 0. The molecule has 0 fully saturated rings. The number of carbonyl (C=O) groups is 3. The SMILES string of the molecule is CC/C=C\C/C=C\C/C=C\C/C=C\C/C=C\C/C=C\C/C=C\C/C=C\CCCCC(=O)OCC(COC(=O)C/C=C\C/C=C\C/C=C\C/C=C\C/C=C\CC)OC(=O)CCCCCCCCCCCCCCCCCCCCCCCC. The van der Waals surface area contributed by atoms with E-state index in [0.29, 0.717) is 12.8 Å². The first-order chi connectivity index (χ1) is 40.5. The molecule has 82 heavy (non-hydrogen) atoms. The average Bonchev–Trinajstić information content (AvgIpc) is 3.47. The normalized spacial score (nSPS) is 13.2. The molecule has 0 saturated carbocycles. The van der Waals surface area contributed by atoms with Crippen LogP contribution in [0, 0.1) is 0 Å². The van der Waals surface area contributed by atoms with Gasteiger partial charge in [0.15, 0.2) is 6.10 Å². The smallest absolute Gasteiger partial charge is 0.309 e. The molecule has 0 amide bonds. The predicted molar refractivity (Wildman–Crippen MR) is 357 cm³/mol. The van der Waals surface area contributed by atoms with Crippen molar-refractivity contribution >= 4 is 17.9 Å². The molecule has 6 nitrogen and oxygen atoms in total. The van der Waals surface area contributed by atoms with Gasteiger partial charge in [0.25, 0.3) is 0 Å². The molecular formula is C76H122O6. The van der Waals surface area contributed by atoms with Gasteiger partial charge in [0, 0.05) is 12.8 Å². The lowest BCUT2D eigenvalue weighted by atomic mass is 10.0. The number of allylic oxidation sites excluding steroid dienone is 25. The summed E-state index contributed by atoms with van der Waals surface area (Å²) in [6.07, 6.45) is 100. The zero-order valence-electron chi connectivity index (χ0n) is 52.9. The molecule has 0 aromatic heterocycles.